The lowest BCUT2D eigenvalue weighted by atomic mass is 10.1. The Morgan fingerprint density at radius 2 is 2.09 bits per heavy atom. The molecule has 23 heavy (non-hydrogen) atoms. The molecule has 2 aromatic rings. The van der Waals surface area contributed by atoms with Gasteiger partial charge < -0.3 is 15.4 Å². The fraction of sp³-hybridized carbons (Fsp3) is 0.375. The van der Waals surface area contributed by atoms with Gasteiger partial charge >= 0.3 is 0 Å². The lowest BCUT2D eigenvalue weighted by Gasteiger charge is -2.14. The van der Waals surface area contributed by atoms with Crippen LogP contribution in [0, 0.1) is 0 Å². The molecular formula is C16H23ClN4O2. The molecule has 2 N–H and O–H groups in total. The Kier molecular flexibility index (Phi) is 8.32. The van der Waals surface area contributed by atoms with Crippen molar-refractivity contribution < 1.29 is 9.53 Å². The highest BCUT2D eigenvalue weighted by Gasteiger charge is 2.19. The van der Waals surface area contributed by atoms with Gasteiger partial charge in [-0.25, -0.2) is 0 Å². The van der Waals surface area contributed by atoms with E-state index in [1.165, 1.54) is 0 Å². The van der Waals surface area contributed by atoms with Gasteiger partial charge in [0.1, 0.15) is 6.04 Å². The number of aromatic nitrogens is 2. The van der Waals surface area contributed by atoms with E-state index in [9.17, 15) is 4.79 Å². The van der Waals surface area contributed by atoms with Crippen molar-refractivity contribution in [2.45, 2.75) is 12.6 Å². The van der Waals surface area contributed by atoms with Gasteiger partial charge in [0.2, 0.25) is 5.91 Å². The minimum Gasteiger partial charge on any atom is -0.375 e. The number of nitrogens with zero attached hydrogens (tertiary/aromatic N) is 2. The number of hydrogen-bond donors (Lipinski definition) is 2. The molecule has 6 nitrogen and oxygen atoms in total. The van der Waals surface area contributed by atoms with Crippen LogP contribution in [0.3, 0.4) is 0 Å². The van der Waals surface area contributed by atoms with Crippen LogP contribution in [-0.4, -0.2) is 35.9 Å². The molecule has 0 aliphatic rings. The predicted molar refractivity (Wildman–Crippen MR) is 91.4 cm³/mol. The van der Waals surface area contributed by atoms with Crippen LogP contribution in [0.5, 0.6) is 0 Å². The lowest BCUT2D eigenvalue weighted by Crippen LogP contribution is -2.37. The average Bonchev–Trinajstić information content (AvgIpc) is 2.95. The van der Waals surface area contributed by atoms with Gasteiger partial charge in [-0.3, -0.25) is 9.48 Å². The fourth-order valence-corrected chi connectivity index (χ4v) is 2.15. The third kappa shape index (κ3) is 6.02. The monoisotopic (exact) mass is 338 g/mol. The smallest absolute Gasteiger partial charge is 0.241 e. The molecule has 0 bridgehead atoms. The minimum absolute atomic E-state index is 0. The lowest BCUT2D eigenvalue weighted by molar-refractivity contribution is -0.123. The Bertz CT molecular complexity index is 589. The van der Waals surface area contributed by atoms with E-state index in [4.69, 9.17) is 4.74 Å². The summed E-state index contributed by atoms with van der Waals surface area (Å²) in [6.45, 7) is 1.50. The molecule has 1 aromatic carbocycles. The number of benzene rings is 1. The number of rotatable bonds is 8. The molecule has 1 heterocycles. The number of carbonyl (C=O) groups is 1. The maximum absolute atomic E-state index is 12.2. The molecule has 0 saturated heterocycles. The Morgan fingerprint density at radius 3 is 2.70 bits per heavy atom. The number of hydrogen-bond acceptors (Lipinski definition) is 4. The Balaban J connectivity index is 0.00000264. The second-order valence-corrected chi connectivity index (χ2v) is 5.00. The molecule has 126 valence electrons. The van der Waals surface area contributed by atoms with Gasteiger partial charge in [-0.1, -0.05) is 30.3 Å². The Labute approximate surface area is 142 Å². The van der Waals surface area contributed by atoms with E-state index in [1.54, 1.807) is 17.9 Å². The number of nitrogens with one attached hydrogen (secondary N) is 2. The van der Waals surface area contributed by atoms with Gasteiger partial charge in [-0.2, -0.15) is 5.10 Å². The molecule has 1 aromatic heterocycles. The summed E-state index contributed by atoms with van der Waals surface area (Å²) in [5.74, 6) is -0.0844. The molecule has 0 aliphatic carbocycles. The first-order chi connectivity index (χ1) is 10.7. The number of amides is 1. The SMILES string of the molecule is CNC(C(=O)NCCOCc1ccccc1)c1cnn(C)c1.Cl. The molecule has 1 amide bonds. The third-order valence-electron chi connectivity index (χ3n) is 3.27. The molecule has 0 radical (unpaired) electrons. The largest absolute Gasteiger partial charge is 0.375 e. The summed E-state index contributed by atoms with van der Waals surface area (Å²) >= 11 is 0. The van der Waals surface area contributed by atoms with Crippen LogP contribution in [0.25, 0.3) is 0 Å². The van der Waals surface area contributed by atoms with Crippen molar-refractivity contribution in [1.82, 2.24) is 20.4 Å². The molecule has 7 heteroatoms. The van der Waals surface area contributed by atoms with Crippen molar-refractivity contribution in [3.05, 3.63) is 53.9 Å². The van der Waals surface area contributed by atoms with Gasteiger partial charge in [0, 0.05) is 25.4 Å². The highest BCUT2D eigenvalue weighted by atomic mass is 35.5. The van der Waals surface area contributed by atoms with Crippen molar-refractivity contribution in [3.63, 3.8) is 0 Å². The van der Waals surface area contributed by atoms with Crippen LogP contribution in [0.15, 0.2) is 42.7 Å². The van der Waals surface area contributed by atoms with E-state index in [0.717, 1.165) is 11.1 Å². The molecule has 1 atom stereocenters. The highest BCUT2D eigenvalue weighted by Crippen LogP contribution is 2.10. The molecule has 0 fully saturated rings. The van der Waals surface area contributed by atoms with E-state index in [2.05, 4.69) is 15.7 Å². The summed E-state index contributed by atoms with van der Waals surface area (Å²) in [7, 11) is 3.58. The van der Waals surface area contributed by atoms with Gasteiger partial charge in [0.15, 0.2) is 0 Å². The zero-order chi connectivity index (χ0) is 15.8. The quantitative estimate of drug-likeness (QED) is 0.715. The Morgan fingerprint density at radius 1 is 1.35 bits per heavy atom. The van der Waals surface area contributed by atoms with E-state index in [0.29, 0.717) is 19.8 Å². The first kappa shape index (κ1) is 19.2. The zero-order valence-electron chi connectivity index (χ0n) is 13.4. The summed E-state index contributed by atoms with van der Waals surface area (Å²) in [6, 6.07) is 9.55. The number of aryl methyl sites for hydroxylation is 1. The standard InChI is InChI=1S/C16H22N4O2.ClH/c1-17-15(14-10-19-20(2)11-14)16(21)18-8-9-22-12-13-6-4-3-5-7-13;/h3-7,10-11,15,17H,8-9,12H2,1-2H3,(H,18,21);1H. The van der Waals surface area contributed by atoms with Gasteiger partial charge in [-0.15, -0.1) is 12.4 Å². The number of ether oxygens (including phenoxy) is 1. The van der Waals surface area contributed by atoms with Crippen molar-refractivity contribution in [3.8, 4) is 0 Å². The van der Waals surface area contributed by atoms with E-state index >= 15 is 0 Å². The maximum atomic E-state index is 12.2. The molecule has 1 unspecified atom stereocenters. The van der Waals surface area contributed by atoms with Gasteiger partial charge in [0.05, 0.1) is 19.4 Å². The van der Waals surface area contributed by atoms with Crippen LogP contribution in [0.1, 0.15) is 17.2 Å². The van der Waals surface area contributed by atoms with Gasteiger partial charge in [0.25, 0.3) is 0 Å². The van der Waals surface area contributed by atoms with Crippen LogP contribution in [0.2, 0.25) is 0 Å². The van der Waals surface area contributed by atoms with E-state index in [-0.39, 0.29) is 18.3 Å². The first-order valence-electron chi connectivity index (χ1n) is 7.26. The summed E-state index contributed by atoms with van der Waals surface area (Å²) in [5.41, 5.74) is 1.96. The van der Waals surface area contributed by atoms with Crippen molar-refractivity contribution in [2.24, 2.45) is 7.05 Å². The van der Waals surface area contributed by atoms with Crippen LogP contribution >= 0.6 is 12.4 Å². The second-order valence-electron chi connectivity index (χ2n) is 5.00. The van der Waals surface area contributed by atoms with Crippen LogP contribution < -0.4 is 10.6 Å². The van der Waals surface area contributed by atoms with Crippen molar-refractivity contribution in [1.29, 1.82) is 0 Å². The summed E-state index contributed by atoms with van der Waals surface area (Å²) in [4.78, 5) is 12.2. The molecule has 0 spiro atoms. The number of likely N-dealkylation sites (N-methyl/N-ethyl adjacent to an activating group) is 1. The van der Waals surface area contributed by atoms with Crippen molar-refractivity contribution in [2.75, 3.05) is 20.2 Å². The average molecular weight is 339 g/mol. The predicted octanol–water partition coefficient (Wildman–Crippen LogP) is 1.44. The molecule has 0 saturated carbocycles. The zero-order valence-corrected chi connectivity index (χ0v) is 14.2. The normalized spacial score (nSPS) is 11.6. The first-order valence-corrected chi connectivity index (χ1v) is 7.26. The number of carbonyl (C=O) groups excluding carboxylic acids is 1. The minimum atomic E-state index is -0.400. The van der Waals surface area contributed by atoms with Gasteiger partial charge in [-0.05, 0) is 12.6 Å². The second kappa shape index (κ2) is 9.99. The van der Waals surface area contributed by atoms with Crippen LogP contribution in [-0.2, 0) is 23.2 Å². The van der Waals surface area contributed by atoms with Crippen LogP contribution in [0.4, 0.5) is 0 Å². The topological polar surface area (TPSA) is 68.2 Å². The van der Waals surface area contributed by atoms with Crippen molar-refractivity contribution >= 4 is 18.3 Å². The highest BCUT2D eigenvalue weighted by molar-refractivity contribution is 5.85. The Hall–Kier alpha value is -1.89. The summed E-state index contributed by atoms with van der Waals surface area (Å²) < 4.78 is 7.22. The third-order valence-corrected chi connectivity index (χ3v) is 3.27. The van der Waals surface area contributed by atoms with E-state index < -0.39 is 6.04 Å². The van der Waals surface area contributed by atoms with E-state index in [1.807, 2.05) is 43.6 Å². The number of halogens is 1. The molecule has 0 aliphatic heterocycles. The maximum Gasteiger partial charge on any atom is 0.241 e. The molecular weight excluding hydrogens is 316 g/mol. The summed E-state index contributed by atoms with van der Waals surface area (Å²) in [5, 5.41) is 9.94. The summed E-state index contributed by atoms with van der Waals surface area (Å²) in [6.07, 6.45) is 3.51. The molecule has 2 rings (SSSR count). The fourth-order valence-electron chi connectivity index (χ4n) is 2.15.